The summed E-state index contributed by atoms with van der Waals surface area (Å²) in [6.45, 7) is 11.6. The molecule has 0 aliphatic heterocycles. The van der Waals surface area contributed by atoms with Gasteiger partial charge in [0, 0.05) is 11.3 Å². The van der Waals surface area contributed by atoms with Gasteiger partial charge in [-0.15, -0.1) is 0 Å². The van der Waals surface area contributed by atoms with Gasteiger partial charge in [-0.05, 0) is 56.5 Å². The monoisotopic (exact) mass is 255 g/mol. The highest BCUT2D eigenvalue weighted by Crippen LogP contribution is 2.16. The number of amides is 1. The van der Waals surface area contributed by atoms with Gasteiger partial charge in [-0.1, -0.05) is 30.9 Å². The first-order valence-electron chi connectivity index (χ1n) is 6.34. The summed E-state index contributed by atoms with van der Waals surface area (Å²) in [5, 5.41) is 2.90. The van der Waals surface area contributed by atoms with Gasteiger partial charge >= 0.3 is 0 Å². The molecule has 1 aromatic rings. The third-order valence-corrected chi connectivity index (χ3v) is 3.06. The van der Waals surface area contributed by atoms with Crippen LogP contribution < -0.4 is 5.32 Å². The molecule has 0 aliphatic carbocycles. The maximum Gasteiger partial charge on any atom is 0.255 e. The fourth-order valence-electron chi connectivity index (χ4n) is 1.79. The quantitative estimate of drug-likeness (QED) is 0.630. The number of anilines is 1. The molecule has 0 saturated carbocycles. The minimum atomic E-state index is -0.131. The third kappa shape index (κ3) is 3.95. The highest BCUT2D eigenvalue weighted by atomic mass is 16.1. The highest BCUT2D eigenvalue weighted by molar-refractivity contribution is 6.06. The fourth-order valence-corrected chi connectivity index (χ4v) is 1.79. The van der Waals surface area contributed by atoms with Crippen molar-refractivity contribution in [3.63, 3.8) is 0 Å². The van der Waals surface area contributed by atoms with Crippen molar-refractivity contribution in [2.75, 3.05) is 5.32 Å². The Kier molecular flexibility index (Phi) is 5.31. The van der Waals surface area contributed by atoms with Gasteiger partial charge in [0.2, 0.25) is 0 Å². The van der Waals surface area contributed by atoms with Crippen molar-refractivity contribution < 1.29 is 4.79 Å². The molecule has 0 radical (unpaired) electrons. The number of aryl methyl sites for hydroxylation is 2. The number of carbonyl (C=O) groups excluding carboxylic acids is 1. The van der Waals surface area contributed by atoms with Crippen LogP contribution in [0.1, 0.15) is 25.0 Å². The van der Waals surface area contributed by atoms with Crippen molar-refractivity contribution in [1.82, 2.24) is 0 Å². The van der Waals surface area contributed by atoms with Crippen LogP contribution in [-0.2, 0) is 4.79 Å². The molecule has 100 valence electrons. The lowest BCUT2D eigenvalue weighted by molar-refractivity contribution is -0.112. The number of benzene rings is 1. The number of nitrogens with one attached hydrogen (secondary N) is 1. The van der Waals surface area contributed by atoms with Crippen LogP contribution >= 0.6 is 0 Å². The minimum Gasteiger partial charge on any atom is -0.322 e. The summed E-state index contributed by atoms with van der Waals surface area (Å²) in [6.07, 6.45) is 5.39. The second-order valence-electron chi connectivity index (χ2n) is 4.55. The smallest absolute Gasteiger partial charge is 0.255 e. The zero-order valence-electron chi connectivity index (χ0n) is 12.1. The van der Waals surface area contributed by atoms with E-state index in [0.717, 1.165) is 16.8 Å². The van der Waals surface area contributed by atoms with Gasteiger partial charge in [-0.25, -0.2) is 0 Å². The van der Waals surface area contributed by atoms with Crippen LogP contribution in [0.25, 0.3) is 0 Å². The molecule has 1 amide bonds. The van der Waals surface area contributed by atoms with Crippen LogP contribution in [0.4, 0.5) is 5.69 Å². The highest BCUT2D eigenvalue weighted by Gasteiger charge is 2.09. The van der Waals surface area contributed by atoms with E-state index >= 15 is 0 Å². The molecular weight excluding hydrogens is 234 g/mol. The molecule has 0 unspecified atom stereocenters. The van der Waals surface area contributed by atoms with Crippen LogP contribution in [0.15, 0.2) is 54.2 Å². The van der Waals surface area contributed by atoms with Gasteiger partial charge in [0.15, 0.2) is 0 Å². The lowest BCUT2D eigenvalue weighted by Gasteiger charge is -2.09. The Hall–Kier alpha value is -2.09. The number of hydrogen-bond acceptors (Lipinski definition) is 1. The van der Waals surface area contributed by atoms with E-state index in [1.165, 1.54) is 5.56 Å². The van der Waals surface area contributed by atoms with Crippen LogP contribution in [0.5, 0.6) is 0 Å². The van der Waals surface area contributed by atoms with Crippen molar-refractivity contribution >= 4 is 11.6 Å². The van der Waals surface area contributed by atoms with Crippen LogP contribution in [0.2, 0.25) is 0 Å². The Bertz CT molecular complexity index is 550. The maximum absolute atomic E-state index is 12.2. The van der Waals surface area contributed by atoms with E-state index < -0.39 is 0 Å². The lowest BCUT2D eigenvalue weighted by Crippen LogP contribution is -2.14. The molecule has 19 heavy (non-hydrogen) atoms. The molecule has 0 aliphatic rings. The molecule has 1 aromatic carbocycles. The molecule has 0 spiro atoms. The van der Waals surface area contributed by atoms with Crippen molar-refractivity contribution in [3.05, 3.63) is 65.3 Å². The van der Waals surface area contributed by atoms with E-state index in [2.05, 4.69) is 11.9 Å². The van der Waals surface area contributed by atoms with Crippen molar-refractivity contribution in [1.29, 1.82) is 0 Å². The Balaban J connectivity index is 2.98. The zero-order chi connectivity index (χ0) is 14.4. The SMILES string of the molecule is C=C/C(C(=O)Nc1ccc(C)c(C)c1)=C(C)\C=C/C. The van der Waals surface area contributed by atoms with Crippen molar-refractivity contribution in [3.8, 4) is 0 Å². The number of carbonyl (C=O) groups is 1. The van der Waals surface area contributed by atoms with Gasteiger partial charge in [0.05, 0.1) is 0 Å². The molecule has 2 nitrogen and oxygen atoms in total. The molecule has 1 N–H and O–H groups in total. The molecule has 1 rings (SSSR count). The van der Waals surface area contributed by atoms with E-state index in [4.69, 9.17) is 0 Å². The molecular formula is C17H21NO. The van der Waals surface area contributed by atoms with E-state index in [-0.39, 0.29) is 5.91 Å². The summed E-state index contributed by atoms with van der Waals surface area (Å²) in [6, 6.07) is 5.88. The standard InChI is InChI=1S/C17H21NO/c1-6-8-13(4)16(7-2)17(19)18-15-10-9-12(3)14(5)11-15/h6-11H,2H2,1,3-5H3,(H,18,19)/b8-6-,16-13+. The third-order valence-electron chi connectivity index (χ3n) is 3.06. The van der Waals surface area contributed by atoms with Crippen LogP contribution in [0.3, 0.4) is 0 Å². The predicted molar refractivity (Wildman–Crippen MR) is 82.3 cm³/mol. The maximum atomic E-state index is 12.2. The molecule has 0 atom stereocenters. The summed E-state index contributed by atoms with van der Waals surface area (Å²) < 4.78 is 0. The average molecular weight is 255 g/mol. The number of hydrogen-bond donors (Lipinski definition) is 1. The average Bonchev–Trinajstić information content (AvgIpc) is 2.35. The summed E-state index contributed by atoms with van der Waals surface area (Å²) in [5.74, 6) is -0.131. The van der Waals surface area contributed by atoms with Gasteiger partial charge in [-0.3, -0.25) is 4.79 Å². The zero-order valence-corrected chi connectivity index (χ0v) is 12.1. The molecule has 0 bridgehead atoms. The van der Waals surface area contributed by atoms with Gasteiger partial charge in [-0.2, -0.15) is 0 Å². The Morgan fingerprint density at radius 3 is 2.47 bits per heavy atom. The lowest BCUT2D eigenvalue weighted by atomic mass is 10.1. The molecule has 0 heterocycles. The summed E-state index contributed by atoms with van der Waals surface area (Å²) in [4.78, 5) is 12.2. The normalized spacial score (nSPS) is 12.2. The van der Waals surface area contributed by atoms with E-state index in [1.807, 2.05) is 58.0 Å². The minimum absolute atomic E-state index is 0.131. The molecule has 0 fully saturated rings. The Morgan fingerprint density at radius 1 is 1.26 bits per heavy atom. The Morgan fingerprint density at radius 2 is 1.95 bits per heavy atom. The second kappa shape index (κ2) is 6.74. The van der Waals surface area contributed by atoms with E-state index in [1.54, 1.807) is 6.08 Å². The predicted octanol–water partition coefficient (Wildman–Crippen LogP) is 4.32. The second-order valence-corrected chi connectivity index (χ2v) is 4.55. The van der Waals surface area contributed by atoms with Crippen LogP contribution in [-0.4, -0.2) is 5.91 Å². The summed E-state index contributed by atoms with van der Waals surface area (Å²) in [5.41, 5.74) is 4.67. The summed E-state index contributed by atoms with van der Waals surface area (Å²) >= 11 is 0. The Labute approximate surface area is 115 Å². The first-order chi connectivity index (χ1) is 8.99. The van der Waals surface area contributed by atoms with E-state index in [9.17, 15) is 4.79 Å². The topological polar surface area (TPSA) is 29.1 Å². The first kappa shape index (κ1) is 15.0. The molecule has 2 heteroatoms. The van der Waals surface area contributed by atoms with Crippen LogP contribution in [0, 0.1) is 13.8 Å². The van der Waals surface area contributed by atoms with Crippen molar-refractivity contribution in [2.45, 2.75) is 27.7 Å². The first-order valence-corrected chi connectivity index (χ1v) is 6.34. The molecule has 0 aromatic heterocycles. The van der Waals surface area contributed by atoms with Gasteiger partial charge in [0.25, 0.3) is 5.91 Å². The number of allylic oxidation sites excluding steroid dienone is 3. The van der Waals surface area contributed by atoms with Gasteiger partial charge in [0.1, 0.15) is 0 Å². The summed E-state index contributed by atoms with van der Waals surface area (Å²) in [7, 11) is 0. The number of rotatable bonds is 4. The van der Waals surface area contributed by atoms with Crippen molar-refractivity contribution in [2.24, 2.45) is 0 Å². The van der Waals surface area contributed by atoms with E-state index in [0.29, 0.717) is 5.57 Å². The fraction of sp³-hybridized carbons (Fsp3) is 0.235. The molecule has 0 saturated heterocycles. The van der Waals surface area contributed by atoms with Gasteiger partial charge < -0.3 is 5.32 Å². The largest absolute Gasteiger partial charge is 0.322 e.